The highest BCUT2D eigenvalue weighted by molar-refractivity contribution is 6.15. The molecule has 7 nitrogen and oxygen atoms in total. The topological polar surface area (TPSA) is 84.5 Å². The Labute approximate surface area is 195 Å². The maximum Gasteiger partial charge on any atom is 0.252 e. The summed E-state index contributed by atoms with van der Waals surface area (Å²) in [5.41, 5.74) is 7.95. The van der Waals surface area contributed by atoms with Gasteiger partial charge in [0.2, 0.25) is 5.91 Å². The van der Waals surface area contributed by atoms with Crippen LogP contribution in [0.3, 0.4) is 0 Å². The molecule has 2 aliphatic heterocycles. The standard InChI is InChI=1S/C26H24FN5O2/c27-17-6-8-18(9-7-17)31-13-11-26(25(31)34)10-3-12-30(16-26)32-22-5-2-1-4-19(22)20-14-29-15-21(23(20)32)24(28)33/h1-2,4-9,14-15H,3,10-13,16H2,(H2,28,33). The van der Waals surface area contributed by atoms with Crippen molar-refractivity contribution < 1.29 is 14.0 Å². The minimum atomic E-state index is -0.537. The van der Waals surface area contributed by atoms with E-state index in [1.54, 1.807) is 23.2 Å². The van der Waals surface area contributed by atoms with Crippen LogP contribution in [0.1, 0.15) is 29.6 Å². The van der Waals surface area contributed by atoms with E-state index < -0.39 is 11.3 Å². The fourth-order valence-corrected chi connectivity index (χ4v) is 5.70. The van der Waals surface area contributed by atoms with Crippen molar-refractivity contribution in [3.8, 4) is 0 Å². The van der Waals surface area contributed by atoms with Crippen LogP contribution in [0, 0.1) is 11.2 Å². The Morgan fingerprint density at radius 1 is 1.00 bits per heavy atom. The Kier molecular flexibility index (Phi) is 4.58. The molecule has 2 aliphatic rings. The summed E-state index contributed by atoms with van der Waals surface area (Å²) in [6.07, 6.45) is 5.63. The van der Waals surface area contributed by atoms with Crippen LogP contribution in [0.25, 0.3) is 21.8 Å². The number of para-hydroxylation sites is 1. The summed E-state index contributed by atoms with van der Waals surface area (Å²) in [7, 11) is 0. The molecule has 2 fully saturated rings. The second kappa shape index (κ2) is 7.55. The van der Waals surface area contributed by atoms with E-state index >= 15 is 0 Å². The molecule has 2 N–H and O–H groups in total. The van der Waals surface area contributed by atoms with E-state index in [4.69, 9.17) is 5.73 Å². The van der Waals surface area contributed by atoms with Crippen LogP contribution in [0.2, 0.25) is 0 Å². The number of nitrogens with zero attached hydrogens (tertiary/aromatic N) is 4. The number of rotatable bonds is 3. The number of pyridine rings is 1. The smallest absolute Gasteiger partial charge is 0.252 e. The van der Waals surface area contributed by atoms with E-state index in [0.29, 0.717) is 18.7 Å². The zero-order valence-electron chi connectivity index (χ0n) is 18.6. The fraction of sp³-hybridized carbons (Fsp3) is 0.269. The molecular formula is C26H24FN5O2. The van der Waals surface area contributed by atoms with Gasteiger partial charge >= 0.3 is 0 Å². The van der Waals surface area contributed by atoms with Gasteiger partial charge in [-0.2, -0.15) is 0 Å². The van der Waals surface area contributed by atoms with Gasteiger partial charge in [0.05, 0.1) is 22.0 Å². The summed E-state index contributed by atoms with van der Waals surface area (Å²) >= 11 is 0. The third kappa shape index (κ3) is 2.98. The molecule has 0 bridgehead atoms. The maximum atomic E-state index is 13.7. The number of benzene rings is 2. The first kappa shape index (κ1) is 20.7. The van der Waals surface area contributed by atoms with E-state index in [2.05, 4.69) is 14.7 Å². The van der Waals surface area contributed by atoms with Crippen LogP contribution in [-0.4, -0.2) is 41.1 Å². The summed E-state index contributed by atoms with van der Waals surface area (Å²) in [4.78, 5) is 32.0. The number of fused-ring (bicyclic) bond motifs is 3. The second-order valence-electron chi connectivity index (χ2n) is 9.23. The van der Waals surface area contributed by atoms with Crippen LogP contribution in [0.5, 0.6) is 0 Å². The molecule has 34 heavy (non-hydrogen) atoms. The van der Waals surface area contributed by atoms with Crippen LogP contribution >= 0.6 is 0 Å². The van der Waals surface area contributed by atoms with Crippen LogP contribution in [0.4, 0.5) is 10.1 Å². The van der Waals surface area contributed by atoms with Gasteiger partial charge in [-0.25, -0.2) is 4.39 Å². The molecular weight excluding hydrogens is 433 g/mol. The van der Waals surface area contributed by atoms with E-state index in [-0.39, 0.29) is 11.7 Å². The molecule has 6 rings (SSSR count). The zero-order chi connectivity index (χ0) is 23.4. The Morgan fingerprint density at radius 2 is 1.79 bits per heavy atom. The molecule has 2 amide bonds. The third-order valence-electron chi connectivity index (χ3n) is 7.31. The summed E-state index contributed by atoms with van der Waals surface area (Å²) in [6, 6.07) is 14.0. The zero-order valence-corrected chi connectivity index (χ0v) is 18.6. The van der Waals surface area contributed by atoms with Gasteiger partial charge in [-0.15, -0.1) is 0 Å². The second-order valence-corrected chi connectivity index (χ2v) is 9.23. The molecule has 0 saturated carbocycles. The van der Waals surface area contributed by atoms with Gasteiger partial charge in [0, 0.05) is 48.5 Å². The number of hydrogen-bond acceptors (Lipinski definition) is 4. The maximum absolute atomic E-state index is 13.7. The lowest BCUT2D eigenvalue weighted by Gasteiger charge is -2.41. The number of primary amides is 1. The van der Waals surface area contributed by atoms with Crippen LogP contribution in [0.15, 0.2) is 60.9 Å². The van der Waals surface area contributed by atoms with Gasteiger partial charge in [-0.3, -0.25) is 19.2 Å². The molecule has 172 valence electrons. The quantitative estimate of drug-likeness (QED) is 0.510. The Balaban J connectivity index is 1.44. The number of carbonyl (C=O) groups is 2. The molecule has 4 aromatic rings. The van der Waals surface area contributed by atoms with Gasteiger partial charge in [-0.05, 0) is 49.6 Å². The summed E-state index contributed by atoms with van der Waals surface area (Å²) in [5.74, 6) is -0.783. The van der Waals surface area contributed by atoms with Gasteiger partial charge < -0.3 is 15.6 Å². The molecule has 8 heteroatoms. The number of amides is 2. The lowest BCUT2D eigenvalue weighted by molar-refractivity contribution is -0.126. The van der Waals surface area contributed by atoms with Crippen LogP contribution in [-0.2, 0) is 4.79 Å². The van der Waals surface area contributed by atoms with Crippen molar-refractivity contribution in [2.75, 3.05) is 29.5 Å². The highest BCUT2D eigenvalue weighted by Crippen LogP contribution is 2.42. The van der Waals surface area contributed by atoms with Crippen molar-refractivity contribution in [1.82, 2.24) is 9.66 Å². The van der Waals surface area contributed by atoms with Crippen molar-refractivity contribution in [3.63, 3.8) is 0 Å². The summed E-state index contributed by atoms with van der Waals surface area (Å²) < 4.78 is 15.5. The normalized spacial score (nSPS) is 20.7. The molecule has 0 aliphatic carbocycles. The summed E-state index contributed by atoms with van der Waals surface area (Å²) in [6.45, 7) is 1.87. The average molecular weight is 458 g/mol. The molecule has 0 radical (unpaired) electrons. The first-order valence-corrected chi connectivity index (χ1v) is 11.5. The molecule has 1 unspecified atom stereocenters. The number of hydrogen-bond donors (Lipinski definition) is 1. The predicted octanol–water partition coefficient (Wildman–Crippen LogP) is 3.58. The van der Waals surface area contributed by atoms with E-state index in [1.807, 2.05) is 24.3 Å². The average Bonchev–Trinajstić information content (AvgIpc) is 3.35. The first-order chi connectivity index (χ1) is 16.5. The molecule has 1 atom stereocenters. The molecule has 2 saturated heterocycles. The molecule has 2 aromatic heterocycles. The third-order valence-corrected chi connectivity index (χ3v) is 7.31. The number of anilines is 1. The minimum absolute atomic E-state index is 0.0707. The van der Waals surface area contributed by atoms with Crippen molar-refractivity contribution in [3.05, 3.63) is 72.3 Å². The fourth-order valence-electron chi connectivity index (χ4n) is 5.70. The Hall–Kier alpha value is -3.94. The van der Waals surface area contributed by atoms with Gasteiger partial charge in [-0.1, -0.05) is 18.2 Å². The molecule has 2 aromatic carbocycles. The number of halogens is 1. The van der Waals surface area contributed by atoms with E-state index in [9.17, 15) is 14.0 Å². The predicted molar refractivity (Wildman–Crippen MR) is 129 cm³/mol. The lowest BCUT2D eigenvalue weighted by Crippen LogP contribution is -2.52. The van der Waals surface area contributed by atoms with Crippen molar-refractivity contribution in [2.24, 2.45) is 11.1 Å². The van der Waals surface area contributed by atoms with Gasteiger partial charge in [0.15, 0.2) is 0 Å². The molecule has 1 spiro atoms. The Bertz CT molecular complexity index is 1450. The molecule has 4 heterocycles. The number of nitrogens with two attached hydrogens (primary N) is 1. The first-order valence-electron chi connectivity index (χ1n) is 11.5. The number of piperidine rings is 1. The van der Waals surface area contributed by atoms with Gasteiger partial charge in [0.1, 0.15) is 5.82 Å². The summed E-state index contributed by atoms with van der Waals surface area (Å²) in [5, 5.41) is 4.02. The van der Waals surface area contributed by atoms with Crippen molar-refractivity contribution >= 4 is 39.3 Å². The highest BCUT2D eigenvalue weighted by atomic mass is 19.1. The lowest BCUT2D eigenvalue weighted by atomic mass is 9.79. The monoisotopic (exact) mass is 457 g/mol. The van der Waals surface area contributed by atoms with Crippen molar-refractivity contribution in [1.29, 1.82) is 0 Å². The van der Waals surface area contributed by atoms with E-state index in [1.165, 1.54) is 18.3 Å². The van der Waals surface area contributed by atoms with Crippen LogP contribution < -0.4 is 15.6 Å². The van der Waals surface area contributed by atoms with Crippen molar-refractivity contribution in [2.45, 2.75) is 19.3 Å². The minimum Gasteiger partial charge on any atom is -0.365 e. The number of carbonyl (C=O) groups excluding carboxylic acids is 2. The van der Waals surface area contributed by atoms with Gasteiger partial charge in [0.25, 0.3) is 5.91 Å². The Morgan fingerprint density at radius 3 is 2.59 bits per heavy atom. The largest absolute Gasteiger partial charge is 0.365 e. The SMILES string of the molecule is NC(=O)c1cncc2c3ccccc3n(N3CCCC4(CCN(c5ccc(F)cc5)C4=O)C3)c12. The van der Waals surface area contributed by atoms with E-state index in [0.717, 1.165) is 53.3 Å². The number of aromatic nitrogens is 2. The highest BCUT2D eigenvalue weighted by Gasteiger charge is 2.49.